The van der Waals surface area contributed by atoms with Gasteiger partial charge in [0.05, 0.1) is 18.6 Å². The predicted molar refractivity (Wildman–Crippen MR) is 146 cm³/mol. The molecule has 0 aliphatic heterocycles. The fourth-order valence-corrected chi connectivity index (χ4v) is 5.09. The molecule has 222 valence electrons. The van der Waals surface area contributed by atoms with Crippen LogP contribution in [0.25, 0.3) is 0 Å². The van der Waals surface area contributed by atoms with Gasteiger partial charge in [0.1, 0.15) is 17.8 Å². The molecular formula is C30H36F3N3O5. The van der Waals surface area contributed by atoms with E-state index in [-0.39, 0.29) is 11.5 Å². The van der Waals surface area contributed by atoms with Gasteiger partial charge in [-0.2, -0.15) is 13.2 Å². The van der Waals surface area contributed by atoms with Gasteiger partial charge in [-0.3, -0.25) is 19.2 Å². The molecule has 2 aromatic rings. The summed E-state index contributed by atoms with van der Waals surface area (Å²) in [6.07, 6.45) is -2.20. The number of ketones is 1. The lowest BCUT2D eigenvalue weighted by atomic mass is 9.78. The third kappa shape index (κ3) is 7.45. The van der Waals surface area contributed by atoms with Crippen molar-refractivity contribution in [3.05, 3.63) is 65.7 Å². The van der Waals surface area contributed by atoms with Crippen molar-refractivity contribution < 1.29 is 37.1 Å². The van der Waals surface area contributed by atoms with Crippen LogP contribution in [0.1, 0.15) is 63.6 Å². The number of alkyl halides is 3. The summed E-state index contributed by atoms with van der Waals surface area (Å²) in [6, 6.07) is 10.9. The molecule has 3 atom stereocenters. The van der Waals surface area contributed by atoms with Gasteiger partial charge in [0.2, 0.25) is 17.7 Å². The molecule has 1 saturated carbocycles. The first-order chi connectivity index (χ1) is 19.3. The second kappa shape index (κ2) is 13.2. The number of Topliss-reactive ketones (excluding diaryl/α,β-unsaturated/α-hetero) is 1. The van der Waals surface area contributed by atoms with Crippen molar-refractivity contribution in [3.8, 4) is 5.75 Å². The summed E-state index contributed by atoms with van der Waals surface area (Å²) in [5.41, 5.74) is 0.311. The number of amides is 3. The molecule has 0 saturated heterocycles. The van der Waals surface area contributed by atoms with E-state index in [2.05, 4.69) is 16.0 Å². The zero-order chi connectivity index (χ0) is 30.4. The van der Waals surface area contributed by atoms with Gasteiger partial charge in [0, 0.05) is 0 Å². The van der Waals surface area contributed by atoms with Crippen LogP contribution in [-0.2, 0) is 24.6 Å². The van der Waals surface area contributed by atoms with Gasteiger partial charge in [0.25, 0.3) is 5.78 Å². The highest BCUT2D eigenvalue weighted by molar-refractivity contribution is 5.97. The highest BCUT2D eigenvalue weighted by Crippen LogP contribution is 2.41. The first kappa shape index (κ1) is 31.6. The molecule has 0 heterocycles. The van der Waals surface area contributed by atoms with Crippen LogP contribution in [0, 0.1) is 5.92 Å². The van der Waals surface area contributed by atoms with Crippen molar-refractivity contribution >= 4 is 23.5 Å². The third-order valence-electron chi connectivity index (χ3n) is 7.48. The highest BCUT2D eigenvalue weighted by atomic mass is 19.4. The number of benzene rings is 2. The van der Waals surface area contributed by atoms with Crippen molar-refractivity contribution in [1.82, 2.24) is 16.0 Å². The molecule has 3 N–H and O–H groups in total. The second-order valence-corrected chi connectivity index (χ2v) is 10.7. The lowest BCUT2D eigenvalue weighted by Gasteiger charge is -2.30. The summed E-state index contributed by atoms with van der Waals surface area (Å²) >= 11 is 0. The quantitative estimate of drug-likeness (QED) is 0.373. The highest BCUT2D eigenvalue weighted by Gasteiger charge is 2.46. The molecule has 0 spiro atoms. The van der Waals surface area contributed by atoms with E-state index in [0.717, 1.165) is 18.4 Å². The molecule has 3 amide bonds. The number of hydrogen-bond donors (Lipinski definition) is 3. The molecule has 1 aliphatic carbocycles. The standard InChI is InChI=1S/C30H36F3N3O5/c1-18(2)23(25(37)30(31,32)33)35-27(39)24(20-12-14-22(41-4)15-13-20)36-26(38)19(3)34-28(40)29(16-8-9-17-29)21-10-6-5-7-11-21/h5-7,10-15,18-19,23-24H,8-9,16-17H2,1-4H3,(H,34,40)(H,35,39)(H,36,38)/t19-,23-,24-/m0/s1. The van der Waals surface area contributed by atoms with Crippen LogP contribution >= 0.6 is 0 Å². The van der Waals surface area contributed by atoms with E-state index in [1.807, 2.05) is 30.3 Å². The van der Waals surface area contributed by atoms with Crippen molar-refractivity contribution in [1.29, 1.82) is 0 Å². The number of ether oxygens (including phenoxy) is 1. The average Bonchev–Trinajstić information content (AvgIpc) is 3.45. The first-order valence-corrected chi connectivity index (χ1v) is 13.5. The molecule has 2 aromatic carbocycles. The van der Waals surface area contributed by atoms with Crippen LogP contribution in [0.15, 0.2) is 54.6 Å². The van der Waals surface area contributed by atoms with E-state index in [1.54, 1.807) is 0 Å². The summed E-state index contributed by atoms with van der Waals surface area (Å²) in [4.78, 5) is 52.1. The SMILES string of the molecule is COc1ccc([C@H](NC(=O)[C@H](C)NC(=O)C2(c3ccccc3)CCCC2)C(=O)N[C@H](C(=O)C(F)(F)F)C(C)C)cc1. The van der Waals surface area contributed by atoms with E-state index in [1.165, 1.54) is 52.1 Å². The van der Waals surface area contributed by atoms with Crippen molar-refractivity contribution in [2.45, 2.75) is 76.2 Å². The van der Waals surface area contributed by atoms with Gasteiger partial charge >= 0.3 is 6.18 Å². The number of methoxy groups -OCH3 is 1. The molecular weight excluding hydrogens is 539 g/mol. The molecule has 1 aliphatic rings. The normalized spacial score (nSPS) is 16.8. The molecule has 0 bridgehead atoms. The summed E-state index contributed by atoms with van der Waals surface area (Å²) < 4.78 is 44.8. The summed E-state index contributed by atoms with van der Waals surface area (Å²) in [5, 5.41) is 7.47. The molecule has 0 unspecified atom stereocenters. The minimum absolute atomic E-state index is 0.244. The smallest absolute Gasteiger partial charge is 0.452 e. The monoisotopic (exact) mass is 575 g/mol. The second-order valence-electron chi connectivity index (χ2n) is 10.7. The molecule has 0 aromatic heterocycles. The van der Waals surface area contributed by atoms with Crippen molar-refractivity contribution in [2.75, 3.05) is 7.11 Å². The van der Waals surface area contributed by atoms with Crippen LogP contribution in [0.5, 0.6) is 5.75 Å². The molecule has 8 nitrogen and oxygen atoms in total. The summed E-state index contributed by atoms with van der Waals surface area (Å²) in [7, 11) is 1.44. The minimum atomic E-state index is -5.16. The van der Waals surface area contributed by atoms with Gasteiger partial charge < -0.3 is 20.7 Å². The molecule has 11 heteroatoms. The maximum atomic E-state index is 13.5. The third-order valence-corrected chi connectivity index (χ3v) is 7.48. The van der Waals surface area contributed by atoms with Gasteiger partial charge in [-0.15, -0.1) is 0 Å². The molecule has 1 fully saturated rings. The summed E-state index contributed by atoms with van der Waals surface area (Å²) in [6.45, 7) is 4.21. The van der Waals surface area contributed by atoms with Gasteiger partial charge in [-0.25, -0.2) is 0 Å². The number of hydrogen-bond acceptors (Lipinski definition) is 5. The van der Waals surface area contributed by atoms with Gasteiger partial charge in [-0.05, 0) is 48.9 Å². The Hall–Kier alpha value is -3.89. The lowest BCUT2D eigenvalue weighted by molar-refractivity contribution is -0.175. The van der Waals surface area contributed by atoms with Crippen molar-refractivity contribution in [2.24, 2.45) is 5.92 Å². The number of rotatable bonds is 11. The van der Waals surface area contributed by atoms with Crippen LogP contribution < -0.4 is 20.7 Å². The Kier molecular flexibility index (Phi) is 10.2. The fourth-order valence-electron chi connectivity index (χ4n) is 5.09. The minimum Gasteiger partial charge on any atom is -0.497 e. The van der Waals surface area contributed by atoms with E-state index in [4.69, 9.17) is 4.74 Å². The molecule has 0 radical (unpaired) electrons. The van der Waals surface area contributed by atoms with Crippen LogP contribution in [-0.4, -0.2) is 48.9 Å². The Morgan fingerprint density at radius 3 is 1.93 bits per heavy atom. The number of halogens is 3. The zero-order valence-corrected chi connectivity index (χ0v) is 23.5. The number of nitrogens with one attached hydrogen (secondary N) is 3. The largest absolute Gasteiger partial charge is 0.497 e. The van der Waals surface area contributed by atoms with Crippen molar-refractivity contribution in [3.63, 3.8) is 0 Å². The Balaban J connectivity index is 1.83. The zero-order valence-electron chi connectivity index (χ0n) is 23.5. The number of carbonyl (C=O) groups is 4. The summed E-state index contributed by atoms with van der Waals surface area (Å²) in [5.74, 6) is -4.56. The maximum Gasteiger partial charge on any atom is 0.452 e. The average molecular weight is 576 g/mol. The van der Waals surface area contributed by atoms with E-state index in [9.17, 15) is 32.3 Å². The van der Waals surface area contributed by atoms with Gasteiger partial charge in [0.15, 0.2) is 0 Å². The maximum absolute atomic E-state index is 13.5. The fraction of sp³-hybridized carbons (Fsp3) is 0.467. The Labute approximate surface area is 237 Å². The number of carbonyl (C=O) groups excluding carboxylic acids is 4. The lowest BCUT2D eigenvalue weighted by Crippen LogP contribution is -2.55. The Morgan fingerprint density at radius 1 is 0.829 bits per heavy atom. The molecule has 41 heavy (non-hydrogen) atoms. The Bertz CT molecular complexity index is 1230. The van der Waals surface area contributed by atoms with Gasteiger partial charge in [-0.1, -0.05) is 69.2 Å². The van der Waals surface area contributed by atoms with E-state index in [0.29, 0.717) is 18.6 Å². The first-order valence-electron chi connectivity index (χ1n) is 13.5. The van der Waals surface area contributed by atoms with Crippen LogP contribution in [0.2, 0.25) is 0 Å². The van der Waals surface area contributed by atoms with Crippen LogP contribution in [0.4, 0.5) is 13.2 Å². The predicted octanol–water partition coefficient (Wildman–Crippen LogP) is 4.14. The molecule has 3 rings (SSSR count). The van der Waals surface area contributed by atoms with E-state index < -0.39 is 53.2 Å². The van der Waals surface area contributed by atoms with Crippen LogP contribution in [0.3, 0.4) is 0 Å². The van der Waals surface area contributed by atoms with E-state index >= 15 is 0 Å². The Morgan fingerprint density at radius 2 is 1.41 bits per heavy atom. The topological polar surface area (TPSA) is 114 Å².